The lowest BCUT2D eigenvalue weighted by Gasteiger charge is -2.31. The lowest BCUT2D eigenvalue weighted by Crippen LogP contribution is -2.39. The van der Waals surface area contributed by atoms with E-state index >= 15 is 0 Å². The zero-order valence-electron chi connectivity index (χ0n) is 16.5. The van der Waals surface area contributed by atoms with E-state index in [0.29, 0.717) is 25.9 Å². The van der Waals surface area contributed by atoms with Gasteiger partial charge in [-0.05, 0) is 37.3 Å². The summed E-state index contributed by atoms with van der Waals surface area (Å²) in [6, 6.07) is 4.77. The summed E-state index contributed by atoms with van der Waals surface area (Å²) >= 11 is 1.61. The summed E-state index contributed by atoms with van der Waals surface area (Å²) in [6.07, 6.45) is -3.27. The van der Waals surface area contributed by atoms with Gasteiger partial charge in [-0.2, -0.15) is 29.6 Å². The number of piperidine rings is 1. The molecule has 0 saturated carbocycles. The Morgan fingerprint density at radius 3 is 2.53 bits per heavy atom. The van der Waals surface area contributed by atoms with Gasteiger partial charge in [0.25, 0.3) is 5.91 Å². The highest BCUT2D eigenvalue weighted by Crippen LogP contribution is 2.31. The number of thiophene rings is 1. The minimum atomic E-state index is -4.58. The molecule has 1 fully saturated rings. The highest BCUT2D eigenvalue weighted by atomic mass is 32.1. The fraction of sp³-hybridized carbons (Fsp3) is 0.400. The van der Waals surface area contributed by atoms with E-state index in [1.807, 2.05) is 29.8 Å². The Bertz CT molecular complexity index is 1050. The molecule has 4 heterocycles. The number of carbonyl (C=O) groups excluding carboxylic acids is 1. The van der Waals surface area contributed by atoms with Crippen LogP contribution < -0.4 is 0 Å². The Kier molecular flexibility index (Phi) is 5.35. The lowest BCUT2D eigenvalue weighted by atomic mass is 9.95. The Balaban J connectivity index is 1.47. The number of carbonyl (C=O) groups is 1. The third-order valence-electron chi connectivity index (χ3n) is 5.23. The molecule has 0 atom stereocenters. The first-order chi connectivity index (χ1) is 14.2. The molecular formula is C20H20F3N5OS. The molecule has 4 rings (SSSR count). The molecule has 0 bridgehead atoms. The minimum Gasteiger partial charge on any atom is -0.337 e. The standard InChI is InChI=1S/C20H20F3N5OS/c1-12-9-15(14-5-8-30-11-14)25-18(24-12)13-3-6-28(7-4-13)19(29)16-10-17(20(21,22)23)26-27(16)2/h5,8-11,13H,3-4,6-7H2,1-2H3. The van der Waals surface area contributed by atoms with Crippen molar-refractivity contribution in [2.24, 2.45) is 7.05 Å². The molecule has 6 nitrogen and oxygen atoms in total. The number of aromatic nitrogens is 4. The van der Waals surface area contributed by atoms with Gasteiger partial charge in [0.1, 0.15) is 11.5 Å². The summed E-state index contributed by atoms with van der Waals surface area (Å²) in [6.45, 7) is 2.79. The van der Waals surface area contributed by atoms with E-state index in [9.17, 15) is 18.0 Å². The van der Waals surface area contributed by atoms with Crippen LogP contribution in [0.3, 0.4) is 0 Å². The zero-order valence-corrected chi connectivity index (χ0v) is 17.3. The molecule has 30 heavy (non-hydrogen) atoms. The third-order valence-corrected chi connectivity index (χ3v) is 5.91. The predicted octanol–water partition coefficient (Wildman–Crippen LogP) is 4.29. The summed E-state index contributed by atoms with van der Waals surface area (Å²) in [5, 5.41) is 7.47. The average Bonchev–Trinajstić information content (AvgIpc) is 3.37. The van der Waals surface area contributed by atoms with Gasteiger partial charge in [-0.1, -0.05) is 0 Å². The normalized spacial score (nSPS) is 15.6. The molecule has 158 valence electrons. The van der Waals surface area contributed by atoms with Crippen LogP contribution in [-0.4, -0.2) is 43.6 Å². The van der Waals surface area contributed by atoms with Crippen molar-refractivity contribution >= 4 is 17.2 Å². The second kappa shape index (κ2) is 7.82. The predicted molar refractivity (Wildman–Crippen MR) is 106 cm³/mol. The van der Waals surface area contributed by atoms with Crippen molar-refractivity contribution in [1.29, 1.82) is 0 Å². The van der Waals surface area contributed by atoms with E-state index < -0.39 is 17.8 Å². The number of hydrogen-bond donors (Lipinski definition) is 0. The fourth-order valence-corrected chi connectivity index (χ4v) is 4.29. The van der Waals surface area contributed by atoms with Crippen molar-refractivity contribution in [2.45, 2.75) is 31.9 Å². The SMILES string of the molecule is Cc1cc(-c2ccsc2)nc(C2CCN(C(=O)c3cc(C(F)(F)F)nn3C)CC2)n1. The van der Waals surface area contributed by atoms with Gasteiger partial charge < -0.3 is 4.90 Å². The number of rotatable bonds is 3. The van der Waals surface area contributed by atoms with Crippen molar-refractivity contribution in [3.63, 3.8) is 0 Å². The summed E-state index contributed by atoms with van der Waals surface area (Å²) in [5.41, 5.74) is 1.70. The Morgan fingerprint density at radius 2 is 1.93 bits per heavy atom. The molecule has 0 aromatic carbocycles. The smallest absolute Gasteiger partial charge is 0.337 e. The van der Waals surface area contributed by atoms with Gasteiger partial charge in [-0.3, -0.25) is 9.48 Å². The van der Waals surface area contributed by atoms with Crippen molar-refractivity contribution in [3.8, 4) is 11.3 Å². The molecule has 1 aliphatic rings. The Hall–Kier alpha value is -2.75. The summed E-state index contributed by atoms with van der Waals surface area (Å²) < 4.78 is 39.6. The summed E-state index contributed by atoms with van der Waals surface area (Å²) in [5.74, 6) is 0.412. The lowest BCUT2D eigenvalue weighted by molar-refractivity contribution is -0.141. The third kappa shape index (κ3) is 4.09. The Morgan fingerprint density at radius 1 is 1.20 bits per heavy atom. The maximum Gasteiger partial charge on any atom is 0.435 e. The van der Waals surface area contributed by atoms with Crippen LogP contribution in [0, 0.1) is 6.92 Å². The van der Waals surface area contributed by atoms with Gasteiger partial charge in [0, 0.05) is 48.8 Å². The van der Waals surface area contributed by atoms with Crippen LogP contribution in [-0.2, 0) is 13.2 Å². The maximum atomic E-state index is 12.9. The molecular weight excluding hydrogens is 415 g/mol. The molecule has 0 radical (unpaired) electrons. The van der Waals surface area contributed by atoms with Crippen molar-refractivity contribution < 1.29 is 18.0 Å². The van der Waals surface area contributed by atoms with E-state index in [2.05, 4.69) is 10.1 Å². The second-order valence-electron chi connectivity index (χ2n) is 7.37. The fourth-order valence-electron chi connectivity index (χ4n) is 3.64. The number of likely N-dealkylation sites (tertiary alicyclic amines) is 1. The van der Waals surface area contributed by atoms with Gasteiger partial charge in [0.15, 0.2) is 5.69 Å². The first-order valence-electron chi connectivity index (χ1n) is 9.51. The van der Waals surface area contributed by atoms with Gasteiger partial charge in [0.05, 0.1) is 5.69 Å². The van der Waals surface area contributed by atoms with Crippen LogP contribution in [0.15, 0.2) is 29.0 Å². The van der Waals surface area contributed by atoms with Gasteiger partial charge in [-0.15, -0.1) is 0 Å². The highest BCUT2D eigenvalue weighted by Gasteiger charge is 2.36. The molecule has 1 aliphatic heterocycles. The summed E-state index contributed by atoms with van der Waals surface area (Å²) in [7, 11) is 1.35. The van der Waals surface area contributed by atoms with Gasteiger partial charge >= 0.3 is 6.18 Å². The maximum absolute atomic E-state index is 12.9. The molecule has 1 amide bonds. The van der Waals surface area contributed by atoms with Crippen LogP contribution >= 0.6 is 11.3 Å². The molecule has 1 saturated heterocycles. The van der Waals surface area contributed by atoms with Crippen LogP contribution in [0.25, 0.3) is 11.3 Å². The van der Waals surface area contributed by atoms with Crippen molar-refractivity contribution in [2.75, 3.05) is 13.1 Å². The number of alkyl halides is 3. The van der Waals surface area contributed by atoms with E-state index in [-0.39, 0.29) is 11.6 Å². The van der Waals surface area contributed by atoms with Crippen molar-refractivity contribution in [1.82, 2.24) is 24.6 Å². The highest BCUT2D eigenvalue weighted by molar-refractivity contribution is 7.08. The van der Waals surface area contributed by atoms with Crippen LogP contribution in [0.4, 0.5) is 13.2 Å². The van der Waals surface area contributed by atoms with Crippen LogP contribution in [0.1, 0.15) is 46.5 Å². The number of amides is 1. The quantitative estimate of drug-likeness (QED) is 0.616. The molecule has 0 aliphatic carbocycles. The average molecular weight is 435 g/mol. The number of aryl methyl sites for hydroxylation is 2. The molecule has 0 N–H and O–H groups in total. The Labute approximate surface area is 175 Å². The second-order valence-corrected chi connectivity index (χ2v) is 8.15. The topological polar surface area (TPSA) is 63.9 Å². The first kappa shape index (κ1) is 20.5. The molecule has 3 aromatic rings. The van der Waals surface area contributed by atoms with Crippen LogP contribution in [0.2, 0.25) is 0 Å². The molecule has 3 aromatic heterocycles. The van der Waals surface area contributed by atoms with E-state index in [1.165, 1.54) is 7.05 Å². The van der Waals surface area contributed by atoms with Crippen molar-refractivity contribution in [3.05, 3.63) is 51.9 Å². The van der Waals surface area contributed by atoms with Gasteiger partial charge in [0.2, 0.25) is 0 Å². The first-order valence-corrected chi connectivity index (χ1v) is 10.5. The zero-order chi connectivity index (χ0) is 21.5. The molecule has 0 spiro atoms. The van der Waals surface area contributed by atoms with E-state index in [1.54, 1.807) is 16.2 Å². The molecule has 0 unspecified atom stereocenters. The van der Waals surface area contributed by atoms with E-state index in [4.69, 9.17) is 4.98 Å². The monoisotopic (exact) mass is 435 g/mol. The number of nitrogens with zero attached hydrogens (tertiary/aromatic N) is 5. The largest absolute Gasteiger partial charge is 0.435 e. The number of hydrogen-bond acceptors (Lipinski definition) is 5. The van der Waals surface area contributed by atoms with Gasteiger partial charge in [-0.25, -0.2) is 9.97 Å². The minimum absolute atomic E-state index is 0.0627. The molecule has 10 heteroatoms. The number of halogens is 3. The summed E-state index contributed by atoms with van der Waals surface area (Å²) in [4.78, 5) is 23.6. The van der Waals surface area contributed by atoms with Crippen LogP contribution in [0.5, 0.6) is 0 Å². The van der Waals surface area contributed by atoms with E-state index in [0.717, 1.165) is 33.5 Å².